The average molecular weight is 389 g/mol. The van der Waals surface area contributed by atoms with Gasteiger partial charge in [-0.25, -0.2) is 9.97 Å². The number of nitrogens with zero attached hydrogens (tertiary/aromatic N) is 3. The molecule has 2 heterocycles. The van der Waals surface area contributed by atoms with E-state index in [1.807, 2.05) is 23.6 Å². The number of aryl methyl sites for hydroxylation is 1. The summed E-state index contributed by atoms with van der Waals surface area (Å²) in [4.78, 5) is 21.4. The van der Waals surface area contributed by atoms with Crippen LogP contribution in [0.1, 0.15) is 22.6 Å². The Balaban J connectivity index is 1.99. The number of nitrogens with one attached hydrogen (secondary N) is 1. The van der Waals surface area contributed by atoms with E-state index in [-0.39, 0.29) is 5.91 Å². The van der Waals surface area contributed by atoms with Gasteiger partial charge in [0.15, 0.2) is 5.65 Å². The largest absolute Gasteiger partial charge is 0.496 e. The second-order valence-corrected chi connectivity index (χ2v) is 6.35. The summed E-state index contributed by atoms with van der Waals surface area (Å²) in [7, 11) is 3.14. The van der Waals surface area contributed by atoms with E-state index in [4.69, 9.17) is 21.1 Å². The molecule has 0 aliphatic carbocycles. The first-order chi connectivity index (χ1) is 13.1. The van der Waals surface area contributed by atoms with Gasteiger partial charge in [-0.2, -0.15) is 0 Å². The van der Waals surface area contributed by atoms with Crippen LogP contribution in [0.2, 0.25) is 5.02 Å². The van der Waals surface area contributed by atoms with Gasteiger partial charge in [-0.3, -0.25) is 9.36 Å². The number of rotatable bonds is 7. The van der Waals surface area contributed by atoms with Crippen LogP contribution < -0.4 is 10.1 Å². The average Bonchev–Trinajstić information content (AvgIpc) is 3.00. The van der Waals surface area contributed by atoms with Crippen LogP contribution in [0.25, 0.3) is 16.9 Å². The molecule has 0 bridgehead atoms. The third-order valence-electron chi connectivity index (χ3n) is 4.15. The van der Waals surface area contributed by atoms with Crippen LogP contribution in [-0.2, 0) is 4.74 Å². The monoisotopic (exact) mass is 388 g/mol. The zero-order valence-electron chi connectivity index (χ0n) is 15.5. The van der Waals surface area contributed by atoms with Crippen molar-refractivity contribution in [1.82, 2.24) is 19.9 Å². The zero-order chi connectivity index (χ0) is 19.4. The number of imidazole rings is 1. The quantitative estimate of drug-likeness (QED) is 0.629. The van der Waals surface area contributed by atoms with Gasteiger partial charge in [-0.15, -0.1) is 0 Å². The summed E-state index contributed by atoms with van der Waals surface area (Å²) in [6, 6.07) is 7.06. The van der Waals surface area contributed by atoms with E-state index in [2.05, 4.69) is 15.3 Å². The molecule has 0 fully saturated rings. The molecular weight excluding hydrogens is 368 g/mol. The molecule has 1 amide bonds. The normalized spacial score (nSPS) is 11.0. The number of carbonyl (C=O) groups is 1. The fraction of sp³-hybridized carbons (Fsp3) is 0.316. The van der Waals surface area contributed by atoms with E-state index in [9.17, 15) is 4.79 Å². The second kappa shape index (κ2) is 8.37. The van der Waals surface area contributed by atoms with Crippen molar-refractivity contribution in [3.8, 4) is 11.4 Å². The summed E-state index contributed by atoms with van der Waals surface area (Å²) >= 11 is 6.52. The van der Waals surface area contributed by atoms with Gasteiger partial charge in [-0.1, -0.05) is 11.6 Å². The Kier molecular flexibility index (Phi) is 5.93. The van der Waals surface area contributed by atoms with Gasteiger partial charge in [-0.05, 0) is 31.5 Å². The number of hydrogen-bond acceptors (Lipinski definition) is 5. The van der Waals surface area contributed by atoms with Crippen molar-refractivity contribution in [3.63, 3.8) is 0 Å². The zero-order valence-corrected chi connectivity index (χ0v) is 16.2. The molecule has 8 heteroatoms. The lowest BCUT2D eigenvalue weighted by molar-refractivity contribution is 0.0945. The molecule has 0 saturated carbocycles. The number of amides is 1. The highest BCUT2D eigenvalue weighted by Gasteiger charge is 2.19. The maximum absolute atomic E-state index is 12.5. The molecule has 27 heavy (non-hydrogen) atoms. The Bertz CT molecular complexity index is 971. The third-order valence-corrected chi connectivity index (χ3v) is 4.45. The lowest BCUT2D eigenvalue weighted by Crippen LogP contribution is -2.25. The minimum Gasteiger partial charge on any atom is -0.496 e. The van der Waals surface area contributed by atoms with Gasteiger partial charge in [0.05, 0.1) is 23.4 Å². The molecule has 0 aliphatic heterocycles. The summed E-state index contributed by atoms with van der Waals surface area (Å²) in [5, 5.41) is 3.25. The van der Waals surface area contributed by atoms with Crippen LogP contribution in [-0.4, -0.2) is 47.8 Å². The number of methoxy groups -OCH3 is 2. The molecule has 2 aromatic heterocycles. The Labute approximate surface area is 162 Å². The van der Waals surface area contributed by atoms with Crippen LogP contribution in [0.5, 0.6) is 5.75 Å². The minimum absolute atomic E-state index is 0.248. The van der Waals surface area contributed by atoms with Crippen LogP contribution in [0, 0.1) is 6.92 Å². The van der Waals surface area contributed by atoms with Gasteiger partial charge in [0.2, 0.25) is 0 Å². The number of aromatic nitrogens is 3. The van der Waals surface area contributed by atoms with Crippen LogP contribution in [0.3, 0.4) is 0 Å². The molecule has 142 valence electrons. The maximum Gasteiger partial charge on any atom is 0.255 e. The van der Waals surface area contributed by atoms with Crippen molar-refractivity contribution in [2.45, 2.75) is 13.3 Å². The van der Waals surface area contributed by atoms with Crippen molar-refractivity contribution in [3.05, 3.63) is 46.9 Å². The number of halogens is 1. The number of fused-ring (bicyclic) bond motifs is 1. The Morgan fingerprint density at radius 3 is 2.89 bits per heavy atom. The predicted molar refractivity (Wildman–Crippen MR) is 104 cm³/mol. The van der Waals surface area contributed by atoms with E-state index < -0.39 is 0 Å². The molecular formula is C19H21ClN4O3. The molecule has 3 rings (SSSR count). The molecule has 7 nitrogen and oxygen atoms in total. The second-order valence-electron chi connectivity index (χ2n) is 5.95. The molecule has 0 aliphatic rings. The number of pyridine rings is 1. The standard InChI is InChI=1S/C19H21ClN4O3/c1-12-23-15-6-4-7-21-18(15)24(12)16-11-17(27-3)13(10-14(16)20)19(25)22-8-5-9-26-2/h4,6-7,10-11H,5,8-9H2,1-3H3,(H,22,25). The van der Waals surface area contributed by atoms with Gasteiger partial charge >= 0.3 is 0 Å². The van der Waals surface area contributed by atoms with Crippen LogP contribution in [0.15, 0.2) is 30.5 Å². The SMILES string of the molecule is COCCCNC(=O)c1cc(Cl)c(-n2c(C)nc3cccnc32)cc1OC. The lowest BCUT2D eigenvalue weighted by atomic mass is 10.1. The Morgan fingerprint density at radius 2 is 2.15 bits per heavy atom. The first-order valence-corrected chi connectivity index (χ1v) is 8.89. The number of benzene rings is 1. The van der Waals surface area contributed by atoms with Crippen molar-refractivity contribution < 1.29 is 14.3 Å². The fourth-order valence-corrected chi connectivity index (χ4v) is 3.14. The summed E-state index contributed by atoms with van der Waals surface area (Å²) < 4.78 is 12.3. The Morgan fingerprint density at radius 1 is 1.33 bits per heavy atom. The summed E-state index contributed by atoms with van der Waals surface area (Å²) in [5.41, 5.74) is 2.49. The summed E-state index contributed by atoms with van der Waals surface area (Å²) in [5.74, 6) is 0.919. The molecule has 1 aromatic carbocycles. The van der Waals surface area contributed by atoms with Crippen LogP contribution >= 0.6 is 11.6 Å². The van der Waals surface area contributed by atoms with Gasteiger partial charge in [0.25, 0.3) is 5.91 Å². The van der Waals surface area contributed by atoms with Crippen molar-refractivity contribution in [1.29, 1.82) is 0 Å². The lowest BCUT2D eigenvalue weighted by Gasteiger charge is -2.14. The first kappa shape index (κ1) is 19.1. The number of carbonyl (C=O) groups excluding carboxylic acids is 1. The van der Waals surface area contributed by atoms with Gasteiger partial charge < -0.3 is 14.8 Å². The molecule has 0 spiro atoms. The molecule has 0 radical (unpaired) electrons. The molecule has 1 N–H and O–H groups in total. The minimum atomic E-state index is -0.248. The Hall–Kier alpha value is -2.64. The molecule has 3 aromatic rings. The molecule has 0 unspecified atom stereocenters. The predicted octanol–water partition coefficient (Wildman–Crippen LogP) is 3.16. The third kappa shape index (κ3) is 3.89. The molecule has 0 atom stereocenters. The van der Waals surface area contributed by atoms with E-state index in [1.54, 1.807) is 25.4 Å². The number of ether oxygens (including phenoxy) is 2. The first-order valence-electron chi connectivity index (χ1n) is 8.52. The topological polar surface area (TPSA) is 78.3 Å². The van der Waals surface area contributed by atoms with E-state index in [0.717, 1.165) is 17.8 Å². The summed E-state index contributed by atoms with van der Waals surface area (Å²) in [6.07, 6.45) is 2.43. The highest BCUT2D eigenvalue weighted by atomic mass is 35.5. The van der Waals surface area contributed by atoms with Crippen molar-refractivity contribution in [2.24, 2.45) is 0 Å². The smallest absolute Gasteiger partial charge is 0.255 e. The van der Waals surface area contributed by atoms with Crippen molar-refractivity contribution in [2.75, 3.05) is 27.4 Å². The number of hydrogen-bond donors (Lipinski definition) is 1. The van der Waals surface area contributed by atoms with E-state index >= 15 is 0 Å². The van der Waals surface area contributed by atoms with Crippen molar-refractivity contribution >= 4 is 28.7 Å². The van der Waals surface area contributed by atoms with E-state index in [1.165, 1.54) is 7.11 Å². The van der Waals surface area contributed by atoms with Gasteiger partial charge in [0, 0.05) is 32.5 Å². The van der Waals surface area contributed by atoms with Crippen LogP contribution in [0.4, 0.5) is 0 Å². The highest BCUT2D eigenvalue weighted by Crippen LogP contribution is 2.32. The van der Waals surface area contributed by atoms with Gasteiger partial charge in [0.1, 0.15) is 17.1 Å². The fourth-order valence-electron chi connectivity index (χ4n) is 2.89. The maximum atomic E-state index is 12.5. The summed E-state index contributed by atoms with van der Waals surface area (Å²) in [6.45, 7) is 2.96. The van der Waals surface area contributed by atoms with E-state index in [0.29, 0.717) is 40.8 Å². The molecule has 0 saturated heterocycles. The highest BCUT2D eigenvalue weighted by molar-refractivity contribution is 6.33.